The van der Waals surface area contributed by atoms with Crippen LogP contribution in [0.3, 0.4) is 0 Å². The maximum absolute atomic E-state index is 12.0. The molecule has 1 saturated heterocycles. The van der Waals surface area contributed by atoms with Gasteiger partial charge in [0.2, 0.25) is 0 Å². The van der Waals surface area contributed by atoms with E-state index < -0.39 is 12.0 Å². The summed E-state index contributed by atoms with van der Waals surface area (Å²) in [4.78, 5) is 24.6. The second-order valence-electron chi connectivity index (χ2n) is 4.04. The zero-order valence-corrected chi connectivity index (χ0v) is 12.4. The van der Waals surface area contributed by atoms with Crippen molar-refractivity contribution in [3.8, 4) is 0 Å². The van der Waals surface area contributed by atoms with E-state index in [4.69, 9.17) is 5.11 Å². The predicted molar refractivity (Wildman–Crippen MR) is 76.2 cm³/mol. The van der Waals surface area contributed by atoms with Crippen LogP contribution in [0.5, 0.6) is 0 Å². The number of urea groups is 1. The van der Waals surface area contributed by atoms with Gasteiger partial charge in [0.25, 0.3) is 0 Å². The highest BCUT2D eigenvalue weighted by atomic mass is 32.2. The zero-order chi connectivity index (χ0) is 13.5. The monoisotopic (exact) mass is 292 g/mol. The van der Waals surface area contributed by atoms with Crippen LogP contribution in [0.25, 0.3) is 0 Å². The number of carboxylic acids is 1. The van der Waals surface area contributed by atoms with Gasteiger partial charge >= 0.3 is 12.0 Å². The van der Waals surface area contributed by atoms with Gasteiger partial charge in [0.05, 0.1) is 5.37 Å². The average Bonchev–Trinajstić information content (AvgIpc) is 2.78. The first kappa shape index (κ1) is 15.5. The Hall–Kier alpha value is -0.560. The number of nitrogens with zero attached hydrogens (tertiary/aromatic N) is 1. The summed E-state index contributed by atoms with van der Waals surface area (Å²) >= 11 is 3.27. The third-order valence-corrected chi connectivity index (χ3v) is 4.91. The summed E-state index contributed by atoms with van der Waals surface area (Å²) in [5, 5.41) is 11.9. The molecule has 1 aliphatic heterocycles. The quantitative estimate of drug-likeness (QED) is 0.729. The first-order valence-electron chi connectivity index (χ1n) is 6.01. The molecule has 1 rings (SSSR count). The van der Waals surface area contributed by atoms with E-state index in [-0.39, 0.29) is 11.4 Å². The summed E-state index contributed by atoms with van der Waals surface area (Å²) in [6.45, 7) is 2.57. The minimum atomic E-state index is -0.919. The van der Waals surface area contributed by atoms with Crippen LogP contribution >= 0.6 is 23.5 Å². The molecule has 0 spiro atoms. The van der Waals surface area contributed by atoms with Crippen LogP contribution in [-0.4, -0.2) is 57.7 Å². The van der Waals surface area contributed by atoms with Gasteiger partial charge in [-0.05, 0) is 24.9 Å². The molecule has 0 aromatic heterocycles. The number of hydrogen-bond donors (Lipinski definition) is 2. The fourth-order valence-electron chi connectivity index (χ4n) is 1.84. The van der Waals surface area contributed by atoms with Gasteiger partial charge in [-0.25, -0.2) is 9.59 Å². The third-order valence-electron chi connectivity index (χ3n) is 2.76. The zero-order valence-electron chi connectivity index (χ0n) is 10.7. The number of amides is 2. The van der Waals surface area contributed by atoms with Crippen LogP contribution in [0.4, 0.5) is 4.79 Å². The van der Waals surface area contributed by atoms with E-state index in [2.05, 4.69) is 5.32 Å². The van der Waals surface area contributed by atoms with Crippen LogP contribution in [0.1, 0.15) is 19.8 Å². The summed E-state index contributed by atoms with van der Waals surface area (Å²) < 4.78 is 0. The lowest BCUT2D eigenvalue weighted by Gasteiger charge is -2.26. The average molecular weight is 292 g/mol. The molecule has 2 atom stereocenters. The van der Waals surface area contributed by atoms with E-state index in [0.29, 0.717) is 12.3 Å². The standard InChI is InChI=1S/C11H20N2O3S2/c1-3-9-13(8(7-18-9)10(14)15)11(16)12-5-4-6-17-2/h8-9H,3-7H2,1-2H3,(H,12,16)(H,14,15). The molecule has 0 saturated carbocycles. The van der Waals surface area contributed by atoms with Crippen molar-refractivity contribution in [3.63, 3.8) is 0 Å². The Morgan fingerprint density at radius 2 is 2.28 bits per heavy atom. The van der Waals surface area contributed by atoms with Crippen LogP contribution < -0.4 is 5.32 Å². The summed E-state index contributed by atoms with van der Waals surface area (Å²) in [7, 11) is 0. The van der Waals surface area contributed by atoms with Gasteiger partial charge in [0.15, 0.2) is 0 Å². The maximum Gasteiger partial charge on any atom is 0.327 e. The van der Waals surface area contributed by atoms with Crippen molar-refractivity contribution in [1.29, 1.82) is 0 Å². The van der Waals surface area contributed by atoms with Crippen molar-refractivity contribution in [2.75, 3.05) is 24.3 Å². The second kappa shape index (κ2) is 7.78. The molecular formula is C11H20N2O3S2. The molecular weight excluding hydrogens is 272 g/mol. The van der Waals surface area contributed by atoms with Crippen molar-refractivity contribution in [2.24, 2.45) is 0 Å². The number of carbonyl (C=O) groups excluding carboxylic acids is 1. The van der Waals surface area contributed by atoms with Crippen LogP contribution in [0.15, 0.2) is 0 Å². The van der Waals surface area contributed by atoms with Crippen molar-refractivity contribution in [3.05, 3.63) is 0 Å². The van der Waals surface area contributed by atoms with Gasteiger partial charge in [-0.3, -0.25) is 4.90 Å². The van der Waals surface area contributed by atoms with Crippen molar-refractivity contribution in [2.45, 2.75) is 31.2 Å². The molecule has 2 amide bonds. The number of nitrogens with one attached hydrogen (secondary N) is 1. The van der Waals surface area contributed by atoms with E-state index >= 15 is 0 Å². The lowest BCUT2D eigenvalue weighted by Crippen LogP contribution is -2.50. The Kier molecular flexibility index (Phi) is 6.70. The van der Waals surface area contributed by atoms with E-state index in [1.807, 2.05) is 13.2 Å². The molecule has 0 aromatic rings. The lowest BCUT2D eigenvalue weighted by atomic mass is 10.3. The summed E-state index contributed by atoms with van der Waals surface area (Å²) in [6, 6.07) is -0.944. The van der Waals surface area contributed by atoms with E-state index in [0.717, 1.165) is 18.6 Å². The molecule has 0 radical (unpaired) electrons. The molecule has 104 valence electrons. The highest BCUT2D eigenvalue weighted by Gasteiger charge is 2.40. The molecule has 2 unspecified atom stereocenters. The molecule has 1 heterocycles. The Morgan fingerprint density at radius 1 is 1.56 bits per heavy atom. The highest BCUT2D eigenvalue weighted by Crippen LogP contribution is 2.31. The minimum absolute atomic E-state index is 0.0216. The number of rotatable bonds is 6. The first-order chi connectivity index (χ1) is 8.61. The second-order valence-corrected chi connectivity index (χ2v) is 6.23. The molecule has 1 aliphatic rings. The topological polar surface area (TPSA) is 69.6 Å². The number of carboxylic acid groups (broad SMARTS) is 1. The molecule has 0 aromatic carbocycles. The number of aliphatic carboxylic acids is 1. The summed E-state index contributed by atoms with van der Waals surface area (Å²) in [5.41, 5.74) is 0. The molecule has 0 aliphatic carbocycles. The highest BCUT2D eigenvalue weighted by molar-refractivity contribution is 8.00. The largest absolute Gasteiger partial charge is 0.480 e. The molecule has 18 heavy (non-hydrogen) atoms. The van der Waals surface area contributed by atoms with Gasteiger partial charge in [-0.1, -0.05) is 6.92 Å². The van der Waals surface area contributed by atoms with Crippen LogP contribution in [0, 0.1) is 0 Å². The molecule has 5 nitrogen and oxygen atoms in total. The van der Waals surface area contributed by atoms with Gasteiger partial charge in [0.1, 0.15) is 6.04 Å². The van der Waals surface area contributed by atoms with Gasteiger partial charge < -0.3 is 10.4 Å². The van der Waals surface area contributed by atoms with Gasteiger partial charge in [-0.2, -0.15) is 11.8 Å². The van der Waals surface area contributed by atoms with E-state index in [1.54, 1.807) is 11.8 Å². The maximum atomic E-state index is 12.0. The first-order valence-corrected chi connectivity index (χ1v) is 8.45. The smallest absolute Gasteiger partial charge is 0.327 e. The van der Waals surface area contributed by atoms with Gasteiger partial charge in [-0.15, -0.1) is 11.8 Å². The van der Waals surface area contributed by atoms with E-state index in [9.17, 15) is 9.59 Å². The number of hydrogen-bond acceptors (Lipinski definition) is 4. The SMILES string of the molecule is CCC1SCC(C(=O)O)N1C(=O)NCCCSC. The predicted octanol–water partition coefficient (Wildman–Crippen LogP) is 1.69. The molecule has 2 N–H and O–H groups in total. The summed E-state index contributed by atoms with van der Waals surface area (Å²) in [5.74, 6) is 0.554. The van der Waals surface area contributed by atoms with Crippen molar-refractivity contribution < 1.29 is 14.7 Å². The Bertz CT molecular complexity index is 302. The summed E-state index contributed by atoms with van der Waals surface area (Å²) in [6.07, 6.45) is 3.70. The third kappa shape index (κ3) is 3.98. The fraction of sp³-hybridized carbons (Fsp3) is 0.818. The van der Waals surface area contributed by atoms with Crippen molar-refractivity contribution >= 4 is 35.5 Å². The Morgan fingerprint density at radius 3 is 2.83 bits per heavy atom. The van der Waals surface area contributed by atoms with Crippen molar-refractivity contribution in [1.82, 2.24) is 10.2 Å². The Balaban J connectivity index is 2.52. The number of thioether (sulfide) groups is 2. The van der Waals surface area contributed by atoms with E-state index in [1.165, 1.54) is 16.7 Å². The lowest BCUT2D eigenvalue weighted by molar-refractivity contribution is -0.141. The minimum Gasteiger partial charge on any atom is -0.480 e. The van der Waals surface area contributed by atoms with Gasteiger partial charge in [0, 0.05) is 12.3 Å². The Labute approximate surface area is 116 Å². The van der Waals surface area contributed by atoms with Crippen LogP contribution in [0.2, 0.25) is 0 Å². The normalized spacial score (nSPS) is 23.1. The molecule has 0 bridgehead atoms. The fourth-order valence-corrected chi connectivity index (χ4v) is 3.62. The van der Waals surface area contributed by atoms with Crippen LogP contribution in [-0.2, 0) is 4.79 Å². The number of carbonyl (C=O) groups is 2. The molecule has 7 heteroatoms. The molecule has 1 fully saturated rings.